The summed E-state index contributed by atoms with van der Waals surface area (Å²) >= 11 is 0. The molecule has 1 unspecified atom stereocenters. The number of nitrogens with zero attached hydrogens (tertiary/aromatic N) is 2. The van der Waals surface area contributed by atoms with Crippen molar-refractivity contribution in [2.24, 2.45) is 5.92 Å². The predicted molar refractivity (Wildman–Crippen MR) is 72.0 cm³/mol. The number of nitrogens with one attached hydrogen (secondary N) is 2. The lowest BCUT2D eigenvalue weighted by Crippen LogP contribution is -2.46. The molecule has 1 aliphatic rings. The van der Waals surface area contributed by atoms with Crippen molar-refractivity contribution < 1.29 is 19.1 Å². The molecule has 0 saturated carbocycles. The highest BCUT2D eigenvalue weighted by molar-refractivity contribution is 5.91. The molecule has 8 nitrogen and oxygen atoms in total. The molecule has 21 heavy (non-hydrogen) atoms. The second kappa shape index (κ2) is 6.38. The van der Waals surface area contributed by atoms with E-state index >= 15 is 0 Å². The summed E-state index contributed by atoms with van der Waals surface area (Å²) < 4.78 is 4.70. The lowest BCUT2D eigenvalue weighted by Gasteiger charge is -2.18. The number of ether oxygens (including phenoxy) is 1. The van der Waals surface area contributed by atoms with Gasteiger partial charge in [0.25, 0.3) is 0 Å². The number of aromatic amines is 1. The number of esters is 1. The van der Waals surface area contributed by atoms with E-state index in [2.05, 4.69) is 15.3 Å². The van der Waals surface area contributed by atoms with E-state index in [4.69, 9.17) is 4.74 Å². The summed E-state index contributed by atoms with van der Waals surface area (Å²) in [5.41, 5.74) is 0.713. The van der Waals surface area contributed by atoms with Crippen molar-refractivity contribution in [1.29, 1.82) is 0 Å². The Bertz CT molecular complexity index is 528. The molecule has 2 heterocycles. The molecule has 1 aliphatic heterocycles. The first-order valence-corrected chi connectivity index (χ1v) is 6.60. The van der Waals surface area contributed by atoms with E-state index < -0.39 is 17.9 Å². The summed E-state index contributed by atoms with van der Waals surface area (Å²) in [6.07, 6.45) is 3.50. The smallest absolute Gasteiger partial charge is 0.328 e. The SMILES string of the molecule is COC(=O)[C@H](Cc1cnc[nH]1)NC(=O)C1CC(=O)N(C)C1. The van der Waals surface area contributed by atoms with Gasteiger partial charge in [0.1, 0.15) is 6.04 Å². The second-order valence-electron chi connectivity index (χ2n) is 5.04. The maximum absolute atomic E-state index is 12.2. The minimum Gasteiger partial charge on any atom is -0.467 e. The number of carbonyl (C=O) groups is 3. The summed E-state index contributed by atoms with van der Waals surface area (Å²) in [7, 11) is 2.92. The van der Waals surface area contributed by atoms with Crippen LogP contribution in [0.15, 0.2) is 12.5 Å². The maximum Gasteiger partial charge on any atom is 0.328 e. The fraction of sp³-hybridized carbons (Fsp3) is 0.538. The van der Waals surface area contributed by atoms with Gasteiger partial charge in [-0.3, -0.25) is 9.59 Å². The zero-order valence-corrected chi connectivity index (χ0v) is 12.0. The van der Waals surface area contributed by atoms with E-state index in [-0.39, 0.29) is 24.7 Å². The lowest BCUT2D eigenvalue weighted by molar-refractivity contribution is -0.145. The van der Waals surface area contributed by atoms with Gasteiger partial charge in [0, 0.05) is 38.3 Å². The van der Waals surface area contributed by atoms with Crippen LogP contribution in [0.3, 0.4) is 0 Å². The number of hydrogen-bond donors (Lipinski definition) is 2. The second-order valence-corrected chi connectivity index (χ2v) is 5.04. The van der Waals surface area contributed by atoms with E-state index in [0.29, 0.717) is 12.2 Å². The minimum atomic E-state index is -0.802. The molecule has 1 saturated heterocycles. The van der Waals surface area contributed by atoms with Crippen molar-refractivity contribution in [3.05, 3.63) is 18.2 Å². The van der Waals surface area contributed by atoms with E-state index in [0.717, 1.165) is 0 Å². The highest BCUT2D eigenvalue weighted by Gasteiger charge is 2.34. The number of likely N-dealkylation sites (tertiary alicyclic amines) is 1. The molecule has 0 bridgehead atoms. The van der Waals surface area contributed by atoms with Crippen molar-refractivity contribution in [1.82, 2.24) is 20.2 Å². The van der Waals surface area contributed by atoms with Crippen LogP contribution < -0.4 is 5.32 Å². The number of amides is 2. The molecule has 2 amide bonds. The van der Waals surface area contributed by atoms with Crippen molar-refractivity contribution in [3.63, 3.8) is 0 Å². The van der Waals surface area contributed by atoms with Gasteiger partial charge in [-0.2, -0.15) is 0 Å². The Morgan fingerprint density at radius 3 is 2.90 bits per heavy atom. The third-order valence-corrected chi connectivity index (χ3v) is 3.49. The molecule has 0 radical (unpaired) electrons. The fourth-order valence-electron chi connectivity index (χ4n) is 2.28. The Balaban J connectivity index is 1.99. The van der Waals surface area contributed by atoms with E-state index in [9.17, 15) is 14.4 Å². The highest BCUT2D eigenvalue weighted by Crippen LogP contribution is 2.16. The van der Waals surface area contributed by atoms with Crippen LogP contribution >= 0.6 is 0 Å². The number of imidazole rings is 1. The van der Waals surface area contributed by atoms with Gasteiger partial charge in [0.2, 0.25) is 11.8 Å². The topological polar surface area (TPSA) is 104 Å². The molecule has 1 aromatic heterocycles. The monoisotopic (exact) mass is 294 g/mol. The van der Waals surface area contributed by atoms with E-state index in [1.807, 2.05) is 0 Å². The Kier molecular flexibility index (Phi) is 4.56. The molecule has 1 fully saturated rings. The van der Waals surface area contributed by atoms with Gasteiger partial charge in [0.05, 0.1) is 19.4 Å². The van der Waals surface area contributed by atoms with Crippen molar-refractivity contribution in [3.8, 4) is 0 Å². The van der Waals surface area contributed by atoms with Crippen LogP contribution in [0.5, 0.6) is 0 Å². The van der Waals surface area contributed by atoms with Crippen molar-refractivity contribution in [2.75, 3.05) is 20.7 Å². The Morgan fingerprint density at radius 1 is 1.62 bits per heavy atom. The van der Waals surface area contributed by atoms with Gasteiger partial charge in [-0.25, -0.2) is 9.78 Å². The van der Waals surface area contributed by atoms with Crippen LogP contribution in [-0.4, -0.2) is 59.4 Å². The van der Waals surface area contributed by atoms with E-state index in [1.54, 1.807) is 13.2 Å². The van der Waals surface area contributed by atoms with Gasteiger partial charge in [-0.15, -0.1) is 0 Å². The summed E-state index contributed by atoms with van der Waals surface area (Å²) in [4.78, 5) is 43.6. The number of methoxy groups -OCH3 is 1. The van der Waals surface area contributed by atoms with Crippen LogP contribution in [-0.2, 0) is 25.5 Å². The quantitative estimate of drug-likeness (QED) is 0.684. The van der Waals surface area contributed by atoms with Crippen LogP contribution in [0.2, 0.25) is 0 Å². The predicted octanol–water partition coefficient (Wildman–Crippen LogP) is -0.912. The first kappa shape index (κ1) is 15.0. The molecule has 0 aliphatic carbocycles. The van der Waals surface area contributed by atoms with Crippen LogP contribution in [0.4, 0.5) is 0 Å². The minimum absolute atomic E-state index is 0.0710. The Morgan fingerprint density at radius 2 is 2.38 bits per heavy atom. The lowest BCUT2D eigenvalue weighted by atomic mass is 10.1. The summed E-state index contributed by atoms with van der Waals surface area (Å²) in [5, 5.41) is 2.65. The van der Waals surface area contributed by atoms with Gasteiger partial charge in [0.15, 0.2) is 0 Å². The highest BCUT2D eigenvalue weighted by atomic mass is 16.5. The standard InChI is InChI=1S/C13H18N4O4/c1-17-6-8(3-11(17)18)12(19)16-10(13(20)21-2)4-9-5-14-7-15-9/h5,7-8,10H,3-4,6H2,1-2H3,(H,14,15)(H,16,19)/t8?,10-/m0/s1. The van der Waals surface area contributed by atoms with Gasteiger partial charge in [-0.1, -0.05) is 0 Å². The fourth-order valence-corrected chi connectivity index (χ4v) is 2.28. The van der Waals surface area contributed by atoms with Crippen LogP contribution in [0.1, 0.15) is 12.1 Å². The average molecular weight is 294 g/mol. The maximum atomic E-state index is 12.2. The first-order valence-electron chi connectivity index (χ1n) is 6.60. The van der Waals surface area contributed by atoms with Gasteiger partial charge < -0.3 is 19.9 Å². The first-order chi connectivity index (χ1) is 10.0. The Hall–Kier alpha value is -2.38. The number of hydrogen-bond acceptors (Lipinski definition) is 5. The number of H-pyrrole nitrogens is 1. The van der Waals surface area contributed by atoms with Gasteiger partial charge >= 0.3 is 5.97 Å². The molecule has 8 heteroatoms. The van der Waals surface area contributed by atoms with Crippen LogP contribution in [0, 0.1) is 5.92 Å². The molecule has 2 N–H and O–H groups in total. The van der Waals surface area contributed by atoms with Gasteiger partial charge in [-0.05, 0) is 0 Å². The molecule has 0 aromatic carbocycles. The molecule has 114 valence electrons. The van der Waals surface area contributed by atoms with Crippen molar-refractivity contribution >= 4 is 17.8 Å². The molecule has 1 aromatic rings. The van der Waals surface area contributed by atoms with Crippen LogP contribution in [0.25, 0.3) is 0 Å². The zero-order chi connectivity index (χ0) is 15.4. The molecule has 2 atom stereocenters. The van der Waals surface area contributed by atoms with Crippen molar-refractivity contribution in [2.45, 2.75) is 18.9 Å². The zero-order valence-electron chi connectivity index (χ0n) is 12.0. The summed E-state index contributed by atoms with van der Waals surface area (Å²) in [6, 6.07) is -0.802. The molecule has 2 rings (SSSR count). The molecular weight excluding hydrogens is 276 g/mol. The normalized spacial score (nSPS) is 19.4. The Labute approximate surface area is 121 Å². The molecule has 0 spiro atoms. The third-order valence-electron chi connectivity index (χ3n) is 3.49. The number of rotatable bonds is 5. The number of carbonyl (C=O) groups excluding carboxylic acids is 3. The number of aromatic nitrogens is 2. The van der Waals surface area contributed by atoms with E-state index in [1.165, 1.54) is 18.3 Å². The summed E-state index contributed by atoms with van der Waals surface area (Å²) in [6.45, 7) is 0.364. The average Bonchev–Trinajstić information content (AvgIpc) is 3.08. The third kappa shape index (κ3) is 3.59. The summed E-state index contributed by atoms with van der Waals surface area (Å²) in [5.74, 6) is -1.35. The largest absolute Gasteiger partial charge is 0.467 e. The molecular formula is C13H18N4O4.